The summed E-state index contributed by atoms with van der Waals surface area (Å²) in [5.41, 5.74) is 8.34. The molecular weight excluding hydrogens is 799 g/mol. The molecule has 0 saturated heterocycles. The largest absolute Gasteiger partial charge is 0.488 e. The van der Waals surface area contributed by atoms with Crippen molar-refractivity contribution in [3.8, 4) is 5.75 Å². The first-order chi connectivity index (χ1) is 29.5. The van der Waals surface area contributed by atoms with Crippen LogP contribution in [-0.2, 0) is 60.9 Å². The molecule has 0 aliphatic carbocycles. The van der Waals surface area contributed by atoms with Gasteiger partial charge in [0.2, 0.25) is 17.7 Å². The number of carbonyl (C=O) groups is 5. The Morgan fingerprint density at radius 2 is 1.13 bits per heavy atom. The van der Waals surface area contributed by atoms with Crippen molar-refractivity contribution in [2.45, 2.75) is 136 Å². The number of rotatable bonds is 14. The van der Waals surface area contributed by atoms with E-state index >= 15 is 0 Å². The highest BCUT2D eigenvalue weighted by Gasteiger charge is 2.40. The van der Waals surface area contributed by atoms with E-state index in [-0.39, 0.29) is 32.2 Å². The zero-order valence-corrected chi connectivity index (χ0v) is 38.0. The Kier molecular flexibility index (Phi) is 15.3. The number of hydrogen-bond acceptors (Lipinski definition) is 9. The lowest BCUT2D eigenvalue weighted by atomic mass is 9.91. The summed E-state index contributed by atoms with van der Waals surface area (Å²) in [5, 5.41) is 8.61. The molecule has 1 aliphatic heterocycles. The van der Waals surface area contributed by atoms with Gasteiger partial charge in [-0.1, -0.05) is 78.9 Å². The summed E-state index contributed by atoms with van der Waals surface area (Å²) in [4.78, 5) is 72.6. The third-order valence-corrected chi connectivity index (χ3v) is 9.95. The average Bonchev–Trinajstić information content (AvgIpc) is 3.19. The number of nitrogens with zero attached hydrogens (tertiary/aromatic N) is 1. The lowest BCUT2D eigenvalue weighted by Crippen LogP contribution is -2.61. The molecule has 0 radical (unpaired) electrons. The van der Waals surface area contributed by atoms with Gasteiger partial charge in [-0.05, 0) is 114 Å². The van der Waals surface area contributed by atoms with Crippen molar-refractivity contribution >= 4 is 35.5 Å². The molecule has 13 nitrogen and oxygen atoms in total. The third kappa shape index (κ3) is 14.9. The van der Waals surface area contributed by atoms with Gasteiger partial charge in [0.15, 0.2) is 0 Å². The molecule has 0 spiro atoms. The fourth-order valence-electron chi connectivity index (χ4n) is 7.18. The Bertz CT molecular complexity index is 2210. The molecule has 0 saturated carbocycles. The van der Waals surface area contributed by atoms with Crippen LogP contribution in [0.2, 0.25) is 0 Å². The lowest BCUT2D eigenvalue weighted by molar-refractivity contribution is -0.158. The van der Waals surface area contributed by atoms with Crippen LogP contribution in [0.5, 0.6) is 5.75 Å². The van der Waals surface area contributed by atoms with Crippen molar-refractivity contribution in [3.63, 3.8) is 0 Å². The molecule has 5 N–H and O–H groups in total. The summed E-state index contributed by atoms with van der Waals surface area (Å²) >= 11 is 0. The molecule has 0 fully saturated rings. The molecule has 63 heavy (non-hydrogen) atoms. The lowest BCUT2D eigenvalue weighted by Gasteiger charge is -2.38. The Morgan fingerprint density at radius 3 is 1.71 bits per heavy atom. The number of esters is 1. The molecule has 0 aromatic heterocycles. The first-order valence-electron chi connectivity index (χ1n) is 21.4. The Balaban J connectivity index is 1.48. The molecule has 4 atom stereocenters. The maximum atomic E-state index is 14.9. The quantitative estimate of drug-likeness (QED) is 0.0800. The van der Waals surface area contributed by atoms with Gasteiger partial charge in [0, 0.05) is 37.9 Å². The van der Waals surface area contributed by atoms with E-state index in [1.807, 2.05) is 99.6 Å². The van der Waals surface area contributed by atoms with Crippen LogP contribution in [0, 0.1) is 0 Å². The number of alkyl carbamates (subject to hydrolysis) is 1. The van der Waals surface area contributed by atoms with Crippen molar-refractivity contribution in [3.05, 3.63) is 131 Å². The highest BCUT2D eigenvalue weighted by molar-refractivity contribution is 5.95. The van der Waals surface area contributed by atoms with Gasteiger partial charge in [0.05, 0.1) is 0 Å². The number of fused-ring (bicyclic) bond motifs is 1. The highest BCUT2D eigenvalue weighted by Crippen LogP contribution is 2.26. The van der Waals surface area contributed by atoms with Crippen molar-refractivity contribution < 1.29 is 38.2 Å². The van der Waals surface area contributed by atoms with Gasteiger partial charge in [-0.25, -0.2) is 9.59 Å². The maximum absolute atomic E-state index is 14.9. The number of nitrogens with two attached hydrogens (primary N) is 1. The number of amides is 4. The van der Waals surface area contributed by atoms with Gasteiger partial charge in [-0.2, -0.15) is 0 Å². The van der Waals surface area contributed by atoms with E-state index in [0.29, 0.717) is 17.0 Å². The number of carbonyl (C=O) groups excluding carboxylic acids is 5. The van der Waals surface area contributed by atoms with Crippen LogP contribution in [0.1, 0.15) is 90.1 Å². The molecule has 1 aliphatic rings. The normalized spacial score (nSPS) is 15.4. The number of nitrogens with one attached hydrogen (secondary N) is 3. The predicted molar refractivity (Wildman–Crippen MR) is 243 cm³/mol. The number of anilines is 1. The minimum atomic E-state index is -1.19. The molecule has 4 aromatic carbocycles. The second-order valence-electron chi connectivity index (χ2n) is 19.0. The molecule has 336 valence electrons. The minimum Gasteiger partial charge on any atom is -0.488 e. The summed E-state index contributed by atoms with van der Waals surface area (Å²) in [5.74, 6) is -1.71. The van der Waals surface area contributed by atoms with Crippen molar-refractivity contribution in [2.24, 2.45) is 0 Å². The van der Waals surface area contributed by atoms with Gasteiger partial charge in [0.1, 0.15) is 46.7 Å². The first-order valence-corrected chi connectivity index (χ1v) is 21.4. The van der Waals surface area contributed by atoms with Crippen molar-refractivity contribution in [1.82, 2.24) is 20.9 Å². The van der Waals surface area contributed by atoms with E-state index in [1.165, 1.54) is 4.90 Å². The van der Waals surface area contributed by atoms with Gasteiger partial charge in [0.25, 0.3) is 0 Å². The van der Waals surface area contributed by atoms with Crippen LogP contribution in [0.25, 0.3) is 0 Å². The van der Waals surface area contributed by atoms with Crippen molar-refractivity contribution in [2.75, 3.05) is 5.73 Å². The molecule has 4 amide bonds. The van der Waals surface area contributed by atoms with E-state index in [1.54, 1.807) is 65.8 Å². The van der Waals surface area contributed by atoms with Gasteiger partial charge >= 0.3 is 12.1 Å². The third-order valence-electron chi connectivity index (χ3n) is 9.95. The Labute approximate surface area is 371 Å². The molecule has 4 aromatic rings. The molecule has 5 rings (SSSR count). The summed E-state index contributed by atoms with van der Waals surface area (Å²) in [6, 6.07) is 26.5. The van der Waals surface area contributed by atoms with Crippen LogP contribution >= 0.6 is 0 Å². The smallest absolute Gasteiger partial charge is 0.408 e. The summed E-state index contributed by atoms with van der Waals surface area (Å²) in [6.07, 6.45) is -0.391. The Morgan fingerprint density at radius 1 is 0.603 bits per heavy atom. The highest BCUT2D eigenvalue weighted by atomic mass is 16.6. The number of ether oxygens (including phenoxy) is 3. The van der Waals surface area contributed by atoms with E-state index in [4.69, 9.17) is 19.9 Å². The van der Waals surface area contributed by atoms with E-state index in [0.717, 1.165) is 22.3 Å². The van der Waals surface area contributed by atoms with Crippen LogP contribution in [0.15, 0.2) is 103 Å². The van der Waals surface area contributed by atoms with Crippen molar-refractivity contribution in [1.29, 1.82) is 0 Å². The second-order valence-corrected chi connectivity index (χ2v) is 19.0. The molecular formula is C50H63N5O8. The van der Waals surface area contributed by atoms with E-state index in [2.05, 4.69) is 16.0 Å². The van der Waals surface area contributed by atoms with Gasteiger partial charge in [-0.15, -0.1) is 0 Å². The fourth-order valence-corrected chi connectivity index (χ4v) is 7.18. The summed E-state index contributed by atoms with van der Waals surface area (Å²) in [6.45, 7) is 16.3. The second kappa shape index (κ2) is 20.2. The first kappa shape index (κ1) is 47.7. The summed E-state index contributed by atoms with van der Waals surface area (Å²) < 4.78 is 17.3. The van der Waals surface area contributed by atoms with Crippen LogP contribution in [-0.4, -0.2) is 75.7 Å². The zero-order chi connectivity index (χ0) is 46.1. The zero-order valence-electron chi connectivity index (χ0n) is 38.0. The summed E-state index contributed by atoms with van der Waals surface area (Å²) in [7, 11) is 0. The van der Waals surface area contributed by atoms with Crippen LogP contribution in [0.3, 0.4) is 0 Å². The maximum Gasteiger partial charge on any atom is 0.408 e. The number of benzene rings is 4. The van der Waals surface area contributed by atoms with E-state index in [9.17, 15) is 24.0 Å². The average molecular weight is 862 g/mol. The molecule has 0 bridgehead atoms. The standard InChI is InChI=1S/C50H63N5O8/c1-48(2,3)61-38-25-21-34(22-26-38)28-40(54-47(60)63-50(7,8)9)45(58)55-31-36-18-14-13-17-35(36)30-42(55)44(57)52-39(27-33-19-23-37(51)24-20-33)43(56)53-41(46(59)62-49(4,5)6)29-32-15-11-10-12-16-32/h10-26,39-42H,27-31,51H2,1-9H3,(H,52,57)(H,53,56)(H,54,60)/t39-,40-,41-,42-/m0/s1. The molecule has 1 heterocycles. The number of nitrogen functional groups attached to an aromatic ring is 1. The fraction of sp³-hybridized carbons (Fsp3) is 0.420. The number of hydrogen-bond donors (Lipinski definition) is 4. The van der Waals surface area contributed by atoms with Crippen LogP contribution < -0.4 is 26.4 Å². The minimum absolute atomic E-state index is 0.0409. The topological polar surface area (TPSA) is 178 Å². The van der Waals surface area contributed by atoms with Gasteiger partial charge < -0.3 is 40.8 Å². The Hall–Kier alpha value is -6.37. The monoisotopic (exact) mass is 861 g/mol. The predicted octanol–water partition coefficient (Wildman–Crippen LogP) is 6.63. The SMILES string of the molecule is CC(C)(C)OC(=O)N[C@@H](Cc1ccc(OC(C)(C)C)cc1)C(=O)N1Cc2ccccc2C[C@H]1C(=O)N[C@@H](Cc1ccc(N)cc1)C(=O)N[C@@H](Cc1ccccc1)C(=O)OC(C)(C)C. The van der Waals surface area contributed by atoms with Crippen LogP contribution in [0.4, 0.5) is 10.5 Å². The molecule has 0 unspecified atom stereocenters. The van der Waals surface area contributed by atoms with Gasteiger partial charge in [-0.3, -0.25) is 14.4 Å². The molecule has 13 heteroatoms. The van der Waals surface area contributed by atoms with E-state index < -0.39 is 70.8 Å².